The van der Waals surface area contributed by atoms with Gasteiger partial charge in [0.05, 0.1) is 0 Å². The first-order chi connectivity index (χ1) is 9.36. The second-order valence-electron chi connectivity index (χ2n) is 5.48. The standard InChI is InChI=1S/C17H31NS/c1-3-5-7-9-13-18(14-10-8-6-4-2)16-17-12-11-15-19-17/h11-12,15H,3-10,13-14,16H2,1-2H3. The van der Waals surface area contributed by atoms with Gasteiger partial charge in [-0.3, -0.25) is 4.90 Å². The van der Waals surface area contributed by atoms with Crippen molar-refractivity contribution in [1.82, 2.24) is 4.90 Å². The van der Waals surface area contributed by atoms with Crippen LogP contribution in [0.3, 0.4) is 0 Å². The third-order valence-corrected chi connectivity index (χ3v) is 4.48. The molecule has 0 aliphatic heterocycles. The molecule has 0 atom stereocenters. The Bertz CT molecular complexity index is 269. The quantitative estimate of drug-likeness (QED) is 0.443. The van der Waals surface area contributed by atoms with Crippen LogP contribution in [0.15, 0.2) is 17.5 Å². The van der Waals surface area contributed by atoms with E-state index in [2.05, 4.69) is 36.3 Å². The van der Waals surface area contributed by atoms with Crippen LogP contribution in [0.2, 0.25) is 0 Å². The summed E-state index contributed by atoms with van der Waals surface area (Å²) < 4.78 is 0. The van der Waals surface area contributed by atoms with Gasteiger partial charge in [0.1, 0.15) is 0 Å². The highest BCUT2D eigenvalue weighted by Crippen LogP contribution is 2.14. The van der Waals surface area contributed by atoms with E-state index in [-0.39, 0.29) is 0 Å². The Morgan fingerprint density at radius 2 is 1.53 bits per heavy atom. The van der Waals surface area contributed by atoms with Gasteiger partial charge in [-0.1, -0.05) is 58.4 Å². The molecular weight excluding hydrogens is 250 g/mol. The zero-order valence-corrected chi connectivity index (χ0v) is 13.7. The van der Waals surface area contributed by atoms with Crippen LogP contribution in [-0.2, 0) is 6.54 Å². The third-order valence-electron chi connectivity index (χ3n) is 3.62. The Balaban J connectivity index is 2.25. The summed E-state index contributed by atoms with van der Waals surface area (Å²) in [5, 5.41) is 2.20. The summed E-state index contributed by atoms with van der Waals surface area (Å²) in [4.78, 5) is 4.18. The molecule has 0 unspecified atom stereocenters. The normalized spacial score (nSPS) is 11.3. The van der Waals surface area contributed by atoms with Crippen molar-refractivity contribution in [3.63, 3.8) is 0 Å². The van der Waals surface area contributed by atoms with Gasteiger partial charge in [-0.15, -0.1) is 11.3 Å². The fourth-order valence-electron chi connectivity index (χ4n) is 2.42. The highest BCUT2D eigenvalue weighted by atomic mass is 32.1. The zero-order chi connectivity index (χ0) is 13.8. The van der Waals surface area contributed by atoms with Crippen molar-refractivity contribution in [2.75, 3.05) is 13.1 Å². The molecule has 0 fully saturated rings. The summed E-state index contributed by atoms with van der Waals surface area (Å²) in [5.41, 5.74) is 0. The summed E-state index contributed by atoms with van der Waals surface area (Å²) in [6.45, 7) is 8.30. The lowest BCUT2D eigenvalue weighted by atomic mass is 10.1. The summed E-state index contributed by atoms with van der Waals surface area (Å²) in [6.07, 6.45) is 11.0. The van der Waals surface area contributed by atoms with Crippen LogP contribution in [0, 0.1) is 0 Å². The second kappa shape index (κ2) is 11.5. The molecule has 1 nitrogen and oxygen atoms in total. The van der Waals surface area contributed by atoms with Crippen LogP contribution in [0.25, 0.3) is 0 Å². The molecule has 19 heavy (non-hydrogen) atoms. The van der Waals surface area contributed by atoms with Crippen molar-refractivity contribution in [2.24, 2.45) is 0 Å². The maximum absolute atomic E-state index is 2.66. The van der Waals surface area contributed by atoms with Crippen LogP contribution in [0.4, 0.5) is 0 Å². The van der Waals surface area contributed by atoms with E-state index in [1.54, 1.807) is 0 Å². The molecule has 1 heterocycles. The lowest BCUT2D eigenvalue weighted by molar-refractivity contribution is 0.255. The first-order valence-electron chi connectivity index (χ1n) is 8.11. The molecule has 0 aliphatic carbocycles. The number of rotatable bonds is 12. The van der Waals surface area contributed by atoms with Crippen LogP contribution in [0.5, 0.6) is 0 Å². The average Bonchev–Trinajstić information content (AvgIpc) is 2.92. The van der Waals surface area contributed by atoms with Gasteiger partial charge >= 0.3 is 0 Å². The molecule has 0 aromatic carbocycles. The summed E-state index contributed by atoms with van der Waals surface area (Å²) in [6, 6.07) is 4.45. The van der Waals surface area contributed by atoms with Gasteiger partial charge in [0.15, 0.2) is 0 Å². The Hall–Kier alpha value is -0.340. The first kappa shape index (κ1) is 16.7. The Morgan fingerprint density at radius 3 is 2.00 bits per heavy atom. The van der Waals surface area contributed by atoms with Gasteiger partial charge in [-0.25, -0.2) is 0 Å². The minimum atomic E-state index is 1.16. The van der Waals surface area contributed by atoms with Crippen molar-refractivity contribution in [3.05, 3.63) is 22.4 Å². The number of hydrogen-bond acceptors (Lipinski definition) is 2. The molecule has 0 bridgehead atoms. The van der Waals surface area contributed by atoms with Crippen molar-refractivity contribution in [2.45, 2.75) is 71.8 Å². The van der Waals surface area contributed by atoms with Gasteiger partial charge in [0.2, 0.25) is 0 Å². The predicted molar refractivity (Wildman–Crippen MR) is 87.9 cm³/mol. The molecule has 0 spiro atoms. The van der Waals surface area contributed by atoms with Gasteiger partial charge in [-0.2, -0.15) is 0 Å². The van der Waals surface area contributed by atoms with E-state index in [0.717, 1.165) is 6.54 Å². The Labute approximate surface area is 124 Å². The zero-order valence-electron chi connectivity index (χ0n) is 12.9. The molecule has 1 rings (SSSR count). The molecule has 0 radical (unpaired) electrons. The molecule has 1 aromatic rings. The van der Waals surface area contributed by atoms with Crippen molar-refractivity contribution in [1.29, 1.82) is 0 Å². The monoisotopic (exact) mass is 281 g/mol. The molecule has 0 saturated carbocycles. The van der Waals surface area contributed by atoms with E-state index in [9.17, 15) is 0 Å². The number of thiophene rings is 1. The highest BCUT2D eigenvalue weighted by Gasteiger charge is 2.06. The van der Waals surface area contributed by atoms with Crippen LogP contribution in [-0.4, -0.2) is 18.0 Å². The van der Waals surface area contributed by atoms with E-state index in [1.807, 2.05) is 11.3 Å². The Kier molecular flexibility index (Phi) is 10.1. The van der Waals surface area contributed by atoms with E-state index in [1.165, 1.54) is 69.3 Å². The summed E-state index contributed by atoms with van der Waals surface area (Å²) in [5.74, 6) is 0. The number of unbranched alkanes of at least 4 members (excludes halogenated alkanes) is 6. The van der Waals surface area contributed by atoms with E-state index in [4.69, 9.17) is 0 Å². The van der Waals surface area contributed by atoms with Crippen LogP contribution >= 0.6 is 11.3 Å². The smallest absolute Gasteiger partial charge is 0.0327 e. The van der Waals surface area contributed by atoms with Gasteiger partial charge in [-0.05, 0) is 37.4 Å². The van der Waals surface area contributed by atoms with Crippen molar-refractivity contribution >= 4 is 11.3 Å². The summed E-state index contributed by atoms with van der Waals surface area (Å²) >= 11 is 1.90. The number of nitrogens with zero attached hydrogens (tertiary/aromatic N) is 1. The third kappa shape index (κ3) is 8.43. The average molecular weight is 282 g/mol. The maximum Gasteiger partial charge on any atom is 0.0327 e. The lowest BCUT2D eigenvalue weighted by Gasteiger charge is -2.21. The molecule has 0 saturated heterocycles. The molecular formula is C17H31NS. The minimum absolute atomic E-state index is 1.16. The lowest BCUT2D eigenvalue weighted by Crippen LogP contribution is -2.25. The molecule has 0 amide bonds. The molecule has 110 valence electrons. The number of hydrogen-bond donors (Lipinski definition) is 0. The van der Waals surface area contributed by atoms with E-state index < -0.39 is 0 Å². The summed E-state index contributed by atoms with van der Waals surface area (Å²) in [7, 11) is 0. The molecule has 0 N–H and O–H groups in total. The van der Waals surface area contributed by atoms with Crippen molar-refractivity contribution < 1.29 is 0 Å². The fraction of sp³-hybridized carbons (Fsp3) is 0.765. The maximum atomic E-state index is 2.66. The largest absolute Gasteiger partial charge is 0.298 e. The Morgan fingerprint density at radius 1 is 0.895 bits per heavy atom. The van der Waals surface area contributed by atoms with E-state index in [0.29, 0.717) is 0 Å². The second-order valence-corrected chi connectivity index (χ2v) is 6.51. The van der Waals surface area contributed by atoms with Gasteiger partial charge in [0.25, 0.3) is 0 Å². The molecule has 1 aromatic heterocycles. The van der Waals surface area contributed by atoms with Gasteiger partial charge in [0, 0.05) is 11.4 Å². The predicted octanol–water partition coefficient (Wildman–Crippen LogP) is 5.71. The molecule has 0 aliphatic rings. The van der Waals surface area contributed by atoms with Crippen LogP contribution in [0.1, 0.15) is 70.1 Å². The first-order valence-corrected chi connectivity index (χ1v) is 8.99. The fourth-order valence-corrected chi connectivity index (χ4v) is 3.16. The highest BCUT2D eigenvalue weighted by molar-refractivity contribution is 7.09. The van der Waals surface area contributed by atoms with E-state index >= 15 is 0 Å². The topological polar surface area (TPSA) is 3.24 Å². The van der Waals surface area contributed by atoms with Crippen LogP contribution < -0.4 is 0 Å². The van der Waals surface area contributed by atoms with Crippen molar-refractivity contribution in [3.8, 4) is 0 Å². The minimum Gasteiger partial charge on any atom is -0.298 e. The SMILES string of the molecule is CCCCCCN(CCCCCC)Cc1cccs1. The van der Waals surface area contributed by atoms with Gasteiger partial charge < -0.3 is 0 Å². The molecule has 2 heteroatoms.